The van der Waals surface area contributed by atoms with Crippen LogP contribution in [0.4, 0.5) is 0 Å². The fraction of sp³-hybridized carbons (Fsp3) is 0.0682. The van der Waals surface area contributed by atoms with E-state index in [9.17, 15) is 0 Å². The Labute approximate surface area is 282 Å². The van der Waals surface area contributed by atoms with Crippen molar-refractivity contribution >= 4 is 53.1 Å². The van der Waals surface area contributed by atoms with Gasteiger partial charge in [0.05, 0.1) is 0 Å². The Morgan fingerprint density at radius 3 is 2.00 bits per heavy atom. The molecule has 0 N–H and O–H groups in total. The third kappa shape index (κ3) is 3.96. The average molecular weight is 632 g/mol. The topological polar surface area (TPSA) is 38.7 Å². The van der Waals surface area contributed by atoms with Gasteiger partial charge in [0.1, 0.15) is 0 Å². The maximum atomic E-state index is 5.29. The highest BCUT2D eigenvalue weighted by atomic mass is 32.1. The van der Waals surface area contributed by atoms with E-state index >= 15 is 0 Å². The molecule has 1 aliphatic carbocycles. The van der Waals surface area contributed by atoms with Gasteiger partial charge in [-0.2, -0.15) is 0 Å². The predicted molar refractivity (Wildman–Crippen MR) is 202 cm³/mol. The average Bonchev–Trinajstić information content (AvgIpc) is 3.63. The zero-order valence-corrected chi connectivity index (χ0v) is 27.3. The van der Waals surface area contributed by atoms with Gasteiger partial charge < -0.3 is 0 Å². The van der Waals surface area contributed by atoms with E-state index in [1.165, 1.54) is 58.6 Å². The van der Waals surface area contributed by atoms with Gasteiger partial charge in [-0.05, 0) is 56.6 Å². The predicted octanol–water partition coefficient (Wildman–Crippen LogP) is 11.9. The summed E-state index contributed by atoms with van der Waals surface area (Å²) >= 11 is 1.80. The lowest BCUT2D eigenvalue weighted by atomic mass is 9.82. The standard InChI is InChI=1S/C44H29N3S/c1-44(2)36-19-7-5-14-30(36)31-24-23-28(25-37(31)44)41-45-42(34-17-9-12-27-22-21-26-11-3-4-13-29(26)39(27)34)47-43(46-41)35-18-10-16-33-32-15-6-8-20-38(32)48-40(33)35/h3-25H,1-2H3. The maximum absolute atomic E-state index is 5.29. The lowest BCUT2D eigenvalue weighted by Crippen LogP contribution is -2.15. The molecule has 0 aliphatic heterocycles. The Morgan fingerprint density at radius 2 is 1.08 bits per heavy atom. The number of hydrogen-bond donors (Lipinski definition) is 0. The van der Waals surface area contributed by atoms with Crippen molar-refractivity contribution in [1.29, 1.82) is 0 Å². The largest absolute Gasteiger partial charge is 0.208 e. The molecule has 9 aromatic rings. The fourth-order valence-corrected chi connectivity index (χ4v) is 8.97. The van der Waals surface area contributed by atoms with Crippen molar-refractivity contribution in [3.8, 4) is 45.3 Å². The van der Waals surface area contributed by atoms with Gasteiger partial charge in [0.2, 0.25) is 0 Å². The highest BCUT2D eigenvalue weighted by Gasteiger charge is 2.35. The molecule has 0 unspecified atom stereocenters. The highest BCUT2D eigenvalue weighted by Crippen LogP contribution is 2.49. The van der Waals surface area contributed by atoms with Crippen LogP contribution in [0, 0.1) is 0 Å². The zero-order chi connectivity index (χ0) is 32.0. The number of fused-ring (bicyclic) bond motifs is 9. The van der Waals surface area contributed by atoms with Crippen LogP contribution in [-0.4, -0.2) is 15.0 Å². The molecule has 0 saturated heterocycles. The number of thiophene rings is 1. The van der Waals surface area contributed by atoms with Gasteiger partial charge >= 0.3 is 0 Å². The van der Waals surface area contributed by atoms with Crippen LogP contribution >= 0.6 is 11.3 Å². The second-order valence-corrected chi connectivity index (χ2v) is 14.3. The second-order valence-electron chi connectivity index (χ2n) is 13.2. The van der Waals surface area contributed by atoms with E-state index in [-0.39, 0.29) is 5.41 Å². The number of benzene rings is 7. The fourth-order valence-electron chi connectivity index (χ4n) is 7.76. The summed E-state index contributed by atoms with van der Waals surface area (Å²) in [6.07, 6.45) is 0. The van der Waals surface area contributed by atoms with Crippen LogP contribution in [0.25, 0.3) is 87.0 Å². The van der Waals surface area contributed by atoms with Crippen molar-refractivity contribution in [2.45, 2.75) is 19.3 Å². The van der Waals surface area contributed by atoms with Gasteiger partial charge in [-0.15, -0.1) is 11.3 Å². The SMILES string of the molecule is CC1(C)c2ccccc2-c2ccc(-c3nc(-c4cccc5c4sc4ccccc45)nc(-c4cccc5ccc6ccccc6c45)n3)cc21. The van der Waals surface area contributed by atoms with Crippen LogP contribution in [0.3, 0.4) is 0 Å². The third-order valence-electron chi connectivity index (χ3n) is 10.1. The van der Waals surface area contributed by atoms with Crippen molar-refractivity contribution in [2.24, 2.45) is 0 Å². The first-order valence-corrected chi connectivity index (χ1v) is 17.2. The molecule has 0 bridgehead atoms. The lowest BCUT2D eigenvalue weighted by Gasteiger charge is -2.21. The number of nitrogens with zero attached hydrogens (tertiary/aromatic N) is 3. The molecule has 0 atom stereocenters. The normalized spacial score (nSPS) is 13.4. The van der Waals surface area contributed by atoms with Crippen LogP contribution in [0.2, 0.25) is 0 Å². The Morgan fingerprint density at radius 1 is 0.458 bits per heavy atom. The van der Waals surface area contributed by atoms with Gasteiger partial charge in [0, 0.05) is 47.7 Å². The molecule has 0 fully saturated rings. The number of hydrogen-bond acceptors (Lipinski definition) is 4. The van der Waals surface area contributed by atoms with Crippen LogP contribution in [0.5, 0.6) is 0 Å². The van der Waals surface area contributed by atoms with E-state index < -0.39 is 0 Å². The first-order chi connectivity index (χ1) is 23.5. The van der Waals surface area contributed by atoms with Crippen LogP contribution in [0.1, 0.15) is 25.0 Å². The summed E-state index contributed by atoms with van der Waals surface area (Å²) in [5.41, 5.74) is 8.14. The molecule has 226 valence electrons. The van der Waals surface area contributed by atoms with Gasteiger partial charge in [0.15, 0.2) is 17.5 Å². The van der Waals surface area contributed by atoms with Crippen molar-refractivity contribution in [3.63, 3.8) is 0 Å². The Bertz CT molecular complexity index is 2770. The molecule has 2 aromatic heterocycles. The van der Waals surface area contributed by atoms with E-state index in [0.29, 0.717) is 17.5 Å². The summed E-state index contributed by atoms with van der Waals surface area (Å²) < 4.78 is 2.45. The van der Waals surface area contributed by atoms with E-state index in [1.54, 1.807) is 11.3 Å². The molecular formula is C44H29N3S. The van der Waals surface area contributed by atoms with Crippen molar-refractivity contribution in [3.05, 3.63) is 151 Å². The van der Waals surface area contributed by atoms with E-state index in [0.717, 1.165) is 22.1 Å². The number of aromatic nitrogens is 3. The number of rotatable bonds is 3. The highest BCUT2D eigenvalue weighted by molar-refractivity contribution is 7.26. The molecule has 4 heteroatoms. The van der Waals surface area contributed by atoms with E-state index in [4.69, 9.17) is 15.0 Å². The van der Waals surface area contributed by atoms with Crippen LogP contribution in [-0.2, 0) is 5.41 Å². The Balaban J connectivity index is 1.26. The summed E-state index contributed by atoms with van der Waals surface area (Å²) in [4.78, 5) is 15.8. The molecule has 0 saturated carbocycles. The van der Waals surface area contributed by atoms with Crippen LogP contribution in [0.15, 0.2) is 140 Å². The van der Waals surface area contributed by atoms with Gasteiger partial charge in [-0.3, -0.25) is 0 Å². The molecule has 0 radical (unpaired) electrons. The van der Waals surface area contributed by atoms with Gasteiger partial charge in [0.25, 0.3) is 0 Å². The lowest BCUT2D eigenvalue weighted by molar-refractivity contribution is 0.660. The molecule has 0 spiro atoms. The molecule has 0 amide bonds. The smallest absolute Gasteiger partial charge is 0.165 e. The molecule has 1 aliphatic rings. The van der Waals surface area contributed by atoms with E-state index in [1.807, 2.05) is 0 Å². The molecule has 10 rings (SSSR count). The van der Waals surface area contributed by atoms with E-state index in [2.05, 4.69) is 153 Å². The summed E-state index contributed by atoms with van der Waals surface area (Å²) in [6, 6.07) is 50.0. The molecule has 2 heterocycles. The summed E-state index contributed by atoms with van der Waals surface area (Å²) in [7, 11) is 0. The summed E-state index contributed by atoms with van der Waals surface area (Å²) in [5.74, 6) is 2.05. The Hall–Kier alpha value is -5.71. The quantitative estimate of drug-likeness (QED) is 0.182. The van der Waals surface area contributed by atoms with Gasteiger partial charge in [-0.25, -0.2) is 15.0 Å². The molecular weight excluding hydrogens is 603 g/mol. The maximum Gasteiger partial charge on any atom is 0.165 e. The Kier molecular flexibility index (Phi) is 5.79. The first kappa shape index (κ1) is 27.4. The second kappa shape index (κ2) is 10.1. The summed E-state index contributed by atoms with van der Waals surface area (Å²) in [6.45, 7) is 4.63. The molecule has 3 nitrogen and oxygen atoms in total. The van der Waals surface area contributed by atoms with Gasteiger partial charge in [-0.1, -0.05) is 135 Å². The third-order valence-corrected chi connectivity index (χ3v) is 11.4. The van der Waals surface area contributed by atoms with Crippen LogP contribution < -0.4 is 0 Å². The van der Waals surface area contributed by atoms with Crippen molar-refractivity contribution in [1.82, 2.24) is 15.0 Å². The minimum atomic E-state index is -0.127. The molecule has 7 aromatic carbocycles. The minimum absolute atomic E-state index is 0.127. The molecule has 48 heavy (non-hydrogen) atoms. The minimum Gasteiger partial charge on any atom is -0.208 e. The first-order valence-electron chi connectivity index (χ1n) is 16.4. The van der Waals surface area contributed by atoms with Crippen molar-refractivity contribution in [2.75, 3.05) is 0 Å². The zero-order valence-electron chi connectivity index (χ0n) is 26.5. The summed E-state index contributed by atoms with van der Waals surface area (Å²) in [5, 5.41) is 7.20. The monoisotopic (exact) mass is 631 g/mol. The van der Waals surface area contributed by atoms with Crippen molar-refractivity contribution < 1.29 is 0 Å².